The molecule has 1 heterocycles. The zero-order chi connectivity index (χ0) is 25.1. The lowest BCUT2D eigenvalue weighted by atomic mass is 9.63. The van der Waals surface area contributed by atoms with E-state index >= 15 is 0 Å². The van der Waals surface area contributed by atoms with Gasteiger partial charge < -0.3 is 9.64 Å². The van der Waals surface area contributed by atoms with Gasteiger partial charge in [-0.2, -0.15) is 10.2 Å². The summed E-state index contributed by atoms with van der Waals surface area (Å²) in [5.41, 5.74) is -0.597. The standard InChI is InChI=1S/C27H35F2N3O2/c1-7-30-31-23(24-21(28)11-8-12-22(24)29)16-18(2)20-13-14-27(5,26(20,3)4)25(33)32-15-9-10-19(32)17-34-6/h7-8,11-12,16,19-20H,1-2,9-10,13-15,17H2,3-6H3/b23-16-,31-30-/t19-,20?,27+/m0/s1. The van der Waals surface area contributed by atoms with E-state index in [1.54, 1.807) is 13.2 Å². The molecular formula is C27H35F2N3O2. The van der Waals surface area contributed by atoms with E-state index in [0.29, 0.717) is 18.6 Å². The lowest BCUT2D eigenvalue weighted by Gasteiger charge is -2.44. The van der Waals surface area contributed by atoms with Gasteiger partial charge in [-0.25, -0.2) is 8.78 Å². The first-order chi connectivity index (χ1) is 16.1. The van der Waals surface area contributed by atoms with Gasteiger partial charge >= 0.3 is 0 Å². The van der Waals surface area contributed by atoms with Crippen LogP contribution < -0.4 is 0 Å². The van der Waals surface area contributed by atoms with Crippen LogP contribution in [0.3, 0.4) is 0 Å². The van der Waals surface area contributed by atoms with Gasteiger partial charge in [-0.1, -0.05) is 40.0 Å². The molecule has 0 bridgehead atoms. The van der Waals surface area contributed by atoms with E-state index in [9.17, 15) is 13.6 Å². The highest BCUT2D eigenvalue weighted by Crippen LogP contribution is 2.59. The van der Waals surface area contributed by atoms with Gasteiger partial charge in [0.2, 0.25) is 5.91 Å². The zero-order valence-electron chi connectivity index (χ0n) is 20.6. The quantitative estimate of drug-likeness (QED) is 0.319. The minimum Gasteiger partial charge on any atom is -0.383 e. The van der Waals surface area contributed by atoms with E-state index in [0.717, 1.165) is 25.8 Å². The summed E-state index contributed by atoms with van der Waals surface area (Å²) in [6.07, 6.45) is 6.14. The maximum Gasteiger partial charge on any atom is 0.229 e. The van der Waals surface area contributed by atoms with Gasteiger partial charge in [0.05, 0.1) is 29.3 Å². The number of rotatable bonds is 8. The number of amides is 1. The number of carbonyl (C=O) groups excluding carboxylic acids is 1. The van der Waals surface area contributed by atoms with E-state index in [-0.39, 0.29) is 29.1 Å². The van der Waals surface area contributed by atoms with Crippen LogP contribution in [0, 0.1) is 28.4 Å². The minimum atomic E-state index is -0.731. The summed E-state index contributed by atoms with van der Waals surface area (Å²) in [7, 11) is 1.66. The van der Waals surface area contributed by atoms with Gasteiger partial charge in [0, 0.05) is 19.9 Å². The third kappa shape index (κ3) is 4.63. The summed E-state index contributed by atoms with van der Waals surface area (Å²) in [6, 6.07) is 3.76. The number of carbonyl (C=O) groups is 1. The van der Waals surface area contributed by atoms with Crippen molar-refractivity contribution in [2.75, 3.05) is 20.3 Å². The Morgan fingerprint density at radius 2 is 1.94 bits per heavy atom. The third-order valence-electron chi connectivity index (χ3n) is 7.93. The normalized spacial score (nSPS) is 26.9. The Morgan fingerprint density at radius 3 is 2.56 bits per heavy atom. The molecule has 3 atom stereocenters. The molecular weight excluding hydrogens is 436 g/mol. The Balaban J connectivity index is 1.93. The number of ether oxygens (including phenoxy) is 1. The number of halogens is 2. The zero-order valence-corrected chi connectivity index (χ0v) is 20.6. The molecule has 1 aromatic rings. The van der Waals surface area contributed by atoms with Crippen LogP contribution in [0.1, 0.15) is 52.0 Å². The number of nitrogens with zero attached hydrogens (tertiary/aromatic N) is 3. The molecule has 0 N–H and O–H groups in total. The summed E-state index contributed by atoms with van der Waals surface area (Å²) in [6.45, 7) is 15.2. The average Bonchev–Trinajstić information content (AvgIpc) is 3.33. The maximum absolute atomic E-state index is 14.5. The van der Waals surface area contributed by atoms with Crippen LogP contribution >= 0.6 is 0 Å². The molecule has 1 aliphatic heterocycles. The maximum atomic E-state index is 14.5. The van der Waals surface area contributed by atoms with E-state index in [4.69, 9.17) is 4.74 Å². The molecule has 34 heavy (non-hydrogen) atoms. The second kappa shape index (κ2) is 10.3. The van der Waals surface area contributed by atoms with Crippen LogP contribution in [-0.4, -0.2) is 37.1 Å². The molecule has 7 heteroatoms. The number of hydrogen-bond acceptors (Lipinski definition) is 4. The molecule has 0 aromatic heterocycles. The van der Waals surface area contributed by atoms with Crippen molar-refractivity contribution in [1.82, 2.24) is 4.90 Å². The summed E-state index contributed by atoms with van der Waals surface area (Å²) >= 11 is 0. The van der Waals surface area contributed by atoms with Crippen LogP contribution in [-0.2, 0) is 9.53 Å². The SMILES string of the molecule is C=C/N=N\C(=C/C(=C)C1CC[C@](C)(C(=O)N2CCC[C@H]2COC)C1(C)C)c1c(F)cccc1F. The van der Waals surface area contributed by atoms with E-state index in [2.05, 4.69) is 37.2 Å². The van der Waals surface area contributed by atoms with Gasteiger partial charge in [-0.05, 0) is 60.8 Å². The number of azo groups is 1. The number of benzene rings is 1. The molecule has 2 aliphatic rings. The van der Waals surface area contributed by atoms with Gasteiger partial charge in [-0.15, -0.1) is 0 Å². The first-order valence-electron chi connectivity index (χ1n) is 11.7. The predicted octanol–water partition coefficient (Wildman–Crippen LogP) is 6.54. The molecule has 5 nitrogen and oxygen atoms in total. The van der Waals surface area contributed by atoms with E-state index < -0.39 is 22.5 Å². The van der Waals surface area contributed by atoms with Crippen molar-refractivity contribution in [3.8, 4) is 0 Å². The van der Waals surface area contributed by atoms with Crippen molar-refractivity contribution in [1.29, 1.82) is 0 Å². The summed E-state index contributed by atoms with van der Waals surface area (Å²) < 4.78 is 34.4. The van der Waals surface area contributed by atoms with Crippen LogP contribution in [0.2, 0.25) is 0 Å². The Labute approximate surface area is 201 Å². The topological polar surface area (TPSA) is 54.3 Å². The fourth-order valence-corrected chi connectivity index (χ4v) is 5.59. The fraction of sp³-hybridized carbons (Fsp3) is 0.519. The molecule has 1 aromatic carbocycles. The summed E-state index contributed by atoms with van der Waals surface area (Å²) in [5.74, 6) is -1.39. The van der Waals surface area contributed by atoms with E-state index in [1.165, 1.54) is 24.4 Å². The molecule has 1 saturated heterocycles. The van der Waals surface area contributed by atoms with Crippen LogP contribution in [0.5, 0.6) is 0 Å². The minimum absolute atomic E-state index is 0.0379. The molecule has 1 aliphatic carbocycles. The molecule has 0 radical (unpaired) electrons. The van der Waals surface area contributed by atoms with Crippen molar-refractivity contribution in [2.24, 2.45) is 27.0 Å². The Bertz CT molecular complexity index is 997. The van der Waals surface area contributed by atoms with Gasteiger partial charge in [0.1, 0.15) is 11.6 Å². The highest BCUT2D eigenvalue weighted by atomic mass is 19.1. The highest BCUT2D eigenvalue weighted by Gasteiger charge is 2.58. The molecule has 3 rings (SSSR count). The lowest BCUT2D eigenvalue weighted by Crippen LogP contribution is -2.51. The van der Waals surface area contributed by atoms with Crippen molar-refractivity contribution in [3.63, 3.8) is 0 Å². The van der Waals surface area contributed by atoms with Crippen molar-refractivity contribution < 1.29 is 18.3 Å². The number of methoxy groups -OCH3 is 1. The van der Waals surface area contributed by atoms with Crippen molar-refractivity contribution in [2.45, 2.75) is 52.5 Å². The number of likely N-dealkylation sites (tertiary alicyclic amines) is 1. The first-order valence-corrected chi connectivity index (χ1v) is 11.7. The molecule has 1 unspecified atom stereocenters. The molecule has 1 saturated carbocycles. The monoisotopic (exact) mass is 471 g/mol. The van der Waals surface area contributed by atoms with Gasteiger partial charge in [0.15, 0.2) is 0 Å². The average molecular weight is 472 g/mol. The van der Waals surface area contributed by atoms with Gasteiger partial charge in [0.25, 0.3) is 0 Å². The third-order valence-corrected chi connectivity index (χ3v) is 7.93. The lowest BCUT2D eigenvalue weighted by molar-refractivity contribution is -0.149. The largest absolute Gasteiger partial charge is 0.383 e. The fourth-order valence-electron chi connectivity index (χ4n) is 5.59. The summed E-state index contributed by atoms with van der Waals surface area (Å²) in [4.78, 5) is 15.8. The van der Waals surface area contributed by atoms with Crippen LogP contribution in [0.4, 0.5) is 8.78 Å². The highest BCUT2D eigenvalue weighted by molar-refractivity contribution is 5.84. The molecule has 2 fully saturated rings. The Kier molecular flexibility index (Phi) is 7.86. The Morgan fingerprint density at radius 1 is 1.26 bits per heavy atom. The second-order valence-corrected chi connectivity index (χ2v) is 9.99. The van der Waals surface area contributed by atoms with Crippen LogP contribution in [0.25, 0.3) is 5.70 Å². The molecule has 0 spiro atoms. The Hall–Kier alpha value is -2.67. The second-order valence-electron chi connectivity index (χ2n) is 9.99. The van der Waals surface area contributed by atoms with E-state index in [1.807, 2.05) is 11.8 Å². The number of allylic oxidation sites excluding steroid dienone is 2. The smallest absolute Gasteiger partial charge is 0.229 e. The number of hydrogen-bond donors (Lipinski definition) is 0. The van der Waals surface area contributed by atoms with Gasteiger partial charge in [-0.3, -0.25) is 4.79 Å². The van der Waals surface area contributed by atoms with Crippen molar-refractivity contribution in [3.05, 3.63) is 66.4 Å². The van der Waals surface area contributed by atoms with Crippen LogP contribution in [0.15, 0.2) is 59.4 Å². The first kappa shape index (κ1) is 25.9. The summed E-state index contributed by atoms with van der Waals surface area (Å²) in [5, 5.41) is 7.75. The predicted molar refractivity (Wildman–Crippen MR) is 130 cm³/mol. The molecule has 184 valence electrons. The molecule has 1 amide bonds. The van der Waals surface area contributed by atoms with Crippen molar-refractivity contribution >= 4 is 11.6 Å².